The second-order valence-electron chi connectivity index (χ2n) is 22.0. The third kappa shape index (κ3) is 29.8. The van der Waals surface area contributed by atoms with Gasteiger partial charge >= 0.3 is 18.2 Å². The van der Waals surface area contributed by atoms with E-state index in [1.165, 1.54) is 17.0 Å². The lowest BCUT2D eigenvalue weighted by molar-refractivity contribution is -0.192. The Labute approximate surface area is 535 Å². The number of fused-ring (bicyclic) bond motifs is 1. The summed E-state index contributed by atoms with van der Waals surface area (Å²) in [5.74, 6) is -1.25. The monoisotopic (exact) mass is 1320 g/mol. The summed E-state index contributed by atoms with van der Waals surface area (Å²) < 4.78 is 104. The van der Waals surface area contributed by atoms with Crippen LogP contribution in [-0.4, -0.2) is 259 Å². The van der Waals surface area contributed by atoms with Gasteiger partial charge < -0.3 is 77.9 Å². The number of halogens is 4. The molecule has 3 saturated heterocycles. The summed E-state index contributed by atoms with van der Waals surface area (Å²) in [5, 5.41) is 30.9. The van der Waals surface area contributed by atoms with Crippen molar-refractivity contribution in [2.45, 2.75) is 119 Å². The standard InChI is InChI=1S/C58H94ClN9O14S.C2HF3O2/c1-45-39-51(64-66(45)2)47-9-13-49(14-10-47)68-42-54(82-43-50(68)40-46-7-11-48(59)12-8-46)52-41-67(65-63-52)16-18-72-20-22-74-24-26-76-28-30-78-32-34-80-36-38-81-37-35-79-33-31-77-29-27-75-25-23-73-21-19-71-17-15-60-56(69)6-4-3-5-55-57-53(44-83-55)61-58(70)62-57;3-2(4,5)1(6)7/h7-8,11-12,39,41,47,49-50,53-55,57H,3-6,9-10,13-38,40,42-44H2,1-2H3,(H,60,69)(H2,61,62,70);(H,6,7)/t47?,49?,50-,53-,54+,55-,57-;/m0./s1. The van der Waals surface area contributed by atoms with Gasteiger partial charge in [-0.25, -0.2) is 14.3 Å². The van der Waals surface area contributed by atoms with E-state index < -0.39 is 12.1 Å². The van der Waals surface area contributed by atoms with Crippen LogP contribution in [0.25, 0.3) is 0 Å². The van der Waals surface area contributed by atoms with Crippen LogP contribution in [0.4, 0.5) is 18.0 Å². The number of carboxylic acid groups (broad SMARTS) is 1. The number of morpholine rings is 1. The third-order valence-electron chi connectivity index (χ3n) is 15.4. The Balaban J connectivity index is 0.00000174. The summed E-state index contributed by atoms with van der Waals surface area (Å²) in [6, 6.07) is 11.6. The van der Waals surface area contributed by atoms with E-state index in [1.807, 2.05) is 46.5 Å². The highest BCUT2D eigenvalue weighted by Gasteiger charge is 2.43. The SMILES string of the molecule is Cc1cc(C2CCC(N3C[C@H](c4cn(CCOCCOCCOCCOCCOCCOCCOCCOCCOCCOCCOCCNC(=O)CCCC[C@@H]5SC[C@@H]6NC(=O)N[C@@H]65)nn4)OC[C@@H]3Cc3ccc(Cl)cc3)CC2)nn1C.O=C(O)C(F)(F)F. The summed E-state index contributed by atoms with van der Waals surface area (Å²) in [6.07, 6.45) is 5.52. The maximum Gasteiger partial charge on any atom is 0.490 e. The first-order chi connectivity index (χ1) is 43.7. The number of carbonyl (C=O) groups is 3. The number of ether oxygens (including phenoxy) is 12. The van der Waals surface area contributed by atoms with Crippen LogP contribution in [0.2, 0.25) is 5.02 Å². The Hall–Kier alpha value is -4.31. The average Bonchev–Trinajstić information content (AvgIpc) is 1.75. The maximum absolute atomic E-state index is 12.1. The van der Waals surface area contributed by atoms with Gasteiger partial charge in [0, 0.05) is 66.3 Å². The van der Waals surface area contributed by atoms with E-state index in [1.54, 1.807) is 0 Å². The lowest BCUT2D eigenvalue weighted by atomic mass is 9.82. The number of aryl methyl sites for hydroxylation is 2. The predicted octanol–water partition coefficient (Wildman–Crippen LogP) is 5.34. The van der Waals surface area contributed by atoms with Gasteiger partial charge in [0.1, 0.15) is 11.8 Å². The van der Waals surface area contributed by atoms with Gasteiger partial charge in [-0.3, -0.25) is 14.4 Å². The lowest BCUT2D eigenvalue weighted by Gasteiger charge is -2.46. The highest BCUT2D eigenvalue weighted by molar-refractivity contribution is 8.00. The molecule has 30 heteroatoms. The molecular formula is C60H95ClF3N9O16S. The average molecular weight is 1320 g/mol. The Kier molecular flexibility index (Phi) is 36.2. The van der Waals surface area contributed by atoms with Gasteiger partial charge in [-0.1, -0.05) is 35.4 Å². The lowest BCUT2D eigenvalue weighted by Crippen LogP contribution is -2.53. The topological polar surface area (TPSA) is 270 Å². The molecule has 0 radical (unpaired) electrons. The Morgan fingerprint density at radius 2 is 1.24 bits per heavy atom. The number of nitrogens with zero attached hydrogens (tertiary/aromatic N) is 6. The number of rotatable bonds is 46. The number of carbonyl (C=O) groups excluding carboxylic acids is 2. The molecule has 4 aliphatic rings. The molecule has 4 fully saturated rings. The maximum atomic E-state index is 12.1. The largest absolute Gasteiger partial charge is 0.490 e. The molecule has 0 spiro atoms. The van der Waals surface area contributed by atoms with Crippen LogP contribution in [0.5, 0.6) is 0 Å². The van der Waals surface area contributed by atoms with Crippen molar-refractivity contribution in [3.63, 3.8) is 0 Å². The van der Waals surface area contributed by atoms with E-state index in [0.717, 1.165) is 74.4 Å². The number of hydrogen-bond acceptors (Lipinski definition) is 20. The fourth-order valence-electron chi connectivity index (χ4n) is 10.6. The van der Waals surface area contributed by atoms with Crippen molar-refractivity contribution in [3.8, 4) is 0 Å². The van der Waals surface area contributed by atoms with E-state index in [0.29, 0.717) is 189 Å². The van der Waals surface area contributed by atoms with E-state index >= 15 is 0 Å². The molecule has 3 amide bonds. The molecule has 1 saturated carbocycles. The number of amides is 3. The number of unbranched alkanes of at least 4 members (excludes halogenated alkanes) is 1. The number of aromatic nitrogens is 5. The van der Waals surface area contributed by atoms with Crippen molar-refractivity contribution in [3.05, 3.63) is 64.2 Å². The molecule has 3 aromatic rings. The molecule has 1 aliphatic carbocycles. The number of hydrogen-bond donors (Lipinski definition) is 4. The quantitative estimate of drug-likeness (QED) is 0.0410. The van der Waals surface area contributed by atoms with Crippen molar-refractivity contribution < 1.29 is 89.5 Å². The third-order valence-corrected chi connectivity index (χ3v) is 17.2. The fourth-order valence-corrected chi connectivity index (χ4v) is 12.2. The summed E-state index contributed by atoms with van der Waals surface area (Å²) in [4.78, 5) is 35.2. The van der Waals surface area contributed by atoms with Gasteiger partial charge in [-0.05, 0) is 75.6 Å². The first-order valence-corrected chi connectivity index (χ1v) is 32.8. The highest BCUT2D eigenvalue weighted by atomic mass is 35.5. The zero-order chi connectivity index (χ0) is 64.0. The highest BCUT2D eigenvalue weighted by Crippen LogP contribution is 2.38. The van der Waals surface area contributed by atoms with Crippen LogP contribution in [0.1, 0.15) is 86.0 Å². The van der Waals surface area contributed by atoms with Crippen LogP contribution in [-0.2, 0) is 86.4 Å². The predicted molar refractivity (Wildman–Crippen MR) is 327 cm³/mol. The zero-order valence-corrected chi connectivity index (χ0v) is 53.7. The van der Waals surface area contributed by atoms with Gasteiger partial charge in [-0.15, -0.1) is 5.10 Å². The molecule has 7 rings (SSSR count). The summed E-state index contributed by atoms with van der Waals surface area (Å²) in [7, 11) is 2.03. The molecule has 90 heavy (non-hydrogen) atoms. The molecule has 5 atom stereocenters. The zero-order valence-electron chi connectivity index (χ0n) is 52.1. The second kappa shape index (κ2) is 43.6. The number of benzene rings is 1. The molecule has 4 N–H and O–H groups in total. The fraction of sp³-hybridized carbons (Fsp3) is 0.767. The molecule has 0 bridgehead atoms. The number of nitrogens with one attached hydrogen (secondary N) is 3. The van der Waals surface area contributed by atoms with Crippen LogP contribution in [0, 0.1) is 6.92 Å². The van der Waals surface area contributed by atoms with Gasteiger partial charge in [0.15, 0.2) is 0 Å². The molecular weight excluding hydrogens is 1230 g/mol. The number of carboxylic acids is 1. The van der Waals surface area contributed by atoms with Crippen LogP contribution < -0.4 is 16.0 Å². The first kappa shape index (κ1) is 74.7. The summed E-state index contributed by atoms with van der Waals surface area (Å²) in [6.45, 7) is 15.1. The van der Waals surface area contributed by atoms with Crippen LogP contribution in [0.15, 0.2) is 36.5 Å². The molecule has 510 valence electrons. The van der Waals surface area contributed by atoms with Gasteiger partial charge in [0.25, 0.3) is 0 Å². The molecule has 0 unspecified atom stereocenters. The Bertz CT molecular complexity index is 2420. The Morgan fingerprint density at radius 3 is 1.74 bits per heavy atom. The van der Waals surface area contributed by atoms with Crippen molar-refractivity contribution in [1.29, 1.82) is 0 Å². The molecule has 3 aliphatic heterocycles. The molecule has 5 heterocycles. The van der Waals surface area contributed by atoms with Crippen LogP contribution in [0.3, 0.4) is 0 Å². The minimum absolute atomic E-state index is 0.0401. The number of thioether (sulfide) groups is 1. The van der Waals surface area contributed by atoms with Gasteiger partial charge in [0.2, 0.25) is 5.91 Å². The smallest absolute Gasteiger partial charge is 0.475 e. The van der Waals surface area contributed by atoms with Crippen molar-refractivity contribution in [2.24, 2.45) is 7.05 Å². The minimum atomic E-state index is -5.08. The summed E-state index contributed by atoms with van der Waals surface area (Å²) >= 11 is 8.12. The number of urea groups is 1. The normalized spacial score (nSPS) is 21.0. The molecule has 1 aromatic carbocycles. The van der Waals surface area contributed by atoms with Crippen molar-refractivity contribution in [2.75, 3.05) is 171 Å². The van der Waals surface area contributed by atoms with E-state index in [4.69, 9.17) is 83.4 Å². The minimum Gasteiger partial charge on any atom is -0.475 e. The van der Waals surface area contributed by atoms with E-state index in [2.05, 4.69) is 56.3 Å². The summed E-state index contributed by atoms with van der Waals surface area (Å²) in [5.41, 5.74) is 4.55. The number of aliphatic carboxylic acids is 1. The van der Waals surface area contributed by atoms with Gasteiger partial charge in [0.05, 0.1) is 182 Å². The van der Waals surface area contributed by atoms with Gasteiger partial charge in [-0.2, -0.15) is 30.0 Å². The van der Waals surface area contributed by atoms with Crippen molar-refractivity contribution >= 4 is 41.3 Å². The Morgan fingerprint density at radius 1 is 0.733 bits per heavy atom. The van der Waals surface area contributed by atoms with Crippen LogP contribution >= 0.6 is 23.4 Å². The second-order valence-corrected chi connectivity index (χ2v) is 23.7. The number of alkyl halides is 3. The molecule has 2 aromatic heterocycles. The van der Waals surface area contributed by atoms with E-state index in [-0.39, 0.29) is 36.2 Å². The van der Waals surface area contributed by atoms with E-state index in [9.17, 15) is 22.8 Å². The first-order valence-electron chi connectivity index (χ1n) is 31.4. The molecule has 25 nitrogen and oxygen atoms in total. The van der Waals surface area contributed by atoms with Crippen molar-refractivity contribution in [1.82, 2.24) is 45.6 Å².